The first-order chi connectivity index (χ1) is 13.8. The Kier molecular flexibility index (Phi) is 6.50. The number of nitrogens with one attached hydrogen (secondary N) is 2. The second-order valence-corrected chi connectivity index (χ2v) is 8.51. The third kappa shape index (κ3) is 5.78. The second kappa shape index (κ2) is 9.06. The third-order valence-electron chi connectivity index (χ3n) is 3.78. The molecule has 0 spiro atoms. The molecule has 0 unspecified atom stereocenters. The van der Waals surface area contributed by atoms with Gasteiger partial charge in [-0.3, -0.25) is 10.0 Å². The van der Waals surface area contributed by atoms with Crippen molar-refractivity contribution >= 4 is 43.4 Å². The molecule has 0 heterocycles. The molecule has 3 rings (SSSR count). The van der Waals surface area contributed by atoms with Crippen molar-refractivity contribution in [1.29, 1.82) is 0 Å². The van der Waals surface area contributed by atoms with Gasteiger partial charge < -0.3 is 4.74 Å². The highest BCUT2D eigenvalue weighted by Crippen LogP contribution is 2.23. The van der Waals surface area contributed by atoms with E-state index in [4.69, 9.17) is 4.74 Å². The van der Waals surface area contributed by atoms with Gasteiger partial charge in [0.25, 0.3) is 10.0 Å². The van der Waals surface area contributed by atoms with Gasteiger partial charge in [-0.1, -0.05) is 46.3 Å². The van der Waals surface area contributed by atoms with Crippen LogP contribution in [0.2, 0.25) is 0 Å². The summed E-state index contributed by atoms with van der Waals surface area (Å²) < 4.78 is 47.4. The molecule has 0 fully saturated rings. The molecule has 0 atom stereocenters. The number of halogens is 2. The fourth-order valence-electron chi connectivity index (χ4n) is 2.39. The van der Waals surface area contributed by atoms with Gasteiger partial charge in [-0.15, -0.1) is 0 Å². The number of carbonyl (C=O) groups excluding carboxylic acids is 1. The van der Waals surface area contributed by atoms with Crippen LogP contribution >= 0.6 is 15.9 Å². The van der Waals surface area contributed by atoms with Crippen LogP contribution in [0.15, 0.2) is 82.2 Å². The van der Waals surface area contributed by atoms with Gasteiger partial charge in [0.15, 0.2) is 0 Å². The van der Waals surface area contributed by atoms with Crippen molar-refractivity contribution in [2.75, 3.05) is 10.0 Å². The predicted molar refractivity (Wildman–Crippen MR) is 112 cm³/mol. The number of amides is 1. The summed E-state index contributed by atoms with van der Waals surface area (Å²) in [7, 11) is -4.20. The topological polar surface area (TPSA) is 84.5 Å². The second-order valence-electron chi connectivity index (χ2n) is 5.94. The average Bonchev–Trinajstić information content (AvgIpc) is 2.70. The van der Waals surface area contributed by atoms with Crippen LogP contribution in [0, 0.1) is 5.82 Å². The summed E-state index contributed by atoms with van der Waals surface area (Å²) in [5.74, 6) is -0.946. The van der Waals surface area contributed by atoms with E-state index in [1.54, 1.807) is 24.3 Å². The maximum atomic E-state index is 14.2. The molecule has 3 aromatic rings. The maximum absolute atomic E-state index is 14.2. The van der Waals surface area contributed by atoms with E-state index in [-0.39, 0.29) is 18.0 Å². The van der Waals surface area contributed by atoms with Crippen LogP contribution in [0.25, 0.3) is 0 Å². The number of anilines is 2. The van der Waals surface area contributed by atoms with Crippen LogP contribution in [0.4, 0.5) is 20.6 Å². The standard InChI is InChI=1S/C20H16BrFN2O4S/c21-15-6-8-16(9-7-15)24-29(26,27)19-12-17(10-11-18(19)22)23-20(25)28-13-14-4-2-1-3-5-14/h1-12,24H,13H2,(H,23,25). The summed E-state index contributed by atoms with van der Waals surface area (Å²) in [5.41, 5.74) is 1.15. The van der Waals surface area contributed by atoms with E-state index in [0.29, 0.717) is 0 Å². The first-order valence-electron chi connectivity index (χ1n) is 8.39. The zero-order valence-electron chi connectivity index (χ0n) is 14.9. The molecule has 0 saturated carbocycles. The van der Waals surface area contributed by atoms with E-state index in [1.807, 2.05) is 18.2 Å². The number of hydrogen-bond acceptors (Lipinski definition) is 4. The molecule has 0 bridgehead atoms. The fourth-order valence-corrected chi connectivity index (χ4v) is 3.82. The highest BCUT2D eigenvalue weighted by Gasteiger charge is 2.20. The van der Waals surface area contributed by atoms with Gasteiger partial charge >= 0.3 is 6.09 Å². The van der Waals surface area contributed by atoms with Crippen LogP contribution in [0.3, 0.4) is 0 Å². The number of sulfonamides is 1. The van der Waals surface area contributed by atoms with E-state index < -0.39 is 26.8 Å². The zero-order valence-corrected chi connectivity index (χ0v) is 17.3. The molecule has 1 amide bonds. The molecule has 3 aromatic carbocycles. The fraction of sp³-hybridized carbons (Fsp3) is 0.0500. The van der Waals surface area contributed by atoms with E-state index in [1.165, 1.54) is 18.2 Å². The monoisotopic (exact) mass is 478 g/mol. The van der Waals surface area contributed by atoms with Gasteiger partial charge in [0.1, 0.15) is 17.3 Å². The molecule has 0 radical (unpaired) electrons. The molecule has 150 valence electrons. The molecule has 2 N–H and O–H groups in total. The van der Waals surface area contributed by atoms with E-state index in [9.17, 15) is 17.6 Å². The van der Waals surface area contributed by atoms with E-state index in [0.717, 1.165) is 22.2 Å². The molecule has 6 nitrogen and oxygen atoms in total. The minimum absolute atomic E-state index is 0.0458. The summed E-state index contributed by atoms with van der Waals surface area (Å²) >= 11 is 3.25. The Bertz CT molecular complexity index is 1110. The van der Waals surface area contributed by atoms with Crippen LogP contribution < -0.4 is 10.0 Å². The number of carbonyl (C=O) groups is 1. The van der Waals surface area contributed by atoms with Crippen LogP contribution in [0.1, 0.15) is 5.56 Å². The molecule has 29 heavy (non-hydrogen) atoms. The number of rotatable bonds is 6. The smallest absolute Gasteiger partial charge is 0.411 e. The highest BCUT2D eigenvalue weighted by atomic mass is 79.9. The number of benzene rings is 3. The average molecular weight is 479 g/mol. The van der Waals surface area contributed by atoms with Crippen LogP contribution in [-0.4, -0.2) is 14.5 Å². The van der Waals surface area contributed by atoms with Crippen molar-refractivity contribution in [2.24, 2.45) is 0 Å². The molecule has 0 aromatic heterocycles. The Morgan fingerprint density at radius 1 is 0.966 bits per heavy atom. The maximum Gasteiger partial charge on any atom is 0.411 e. The Balaban J connectivity index is 1.71. The van der Waals surface area contributed by atoms with Crippen molar-refractivity contribution in [1.82, 2.24) is 0 Å². The summed E-state index contributed by atoms with van der Waals surface area (Å²) in [6.45, 7) is 0.0458. The lowest BCUT2D eigenvalue weighted by molar-refractivity contribution is 0.155. The molecule has 9 heteroatoms. The first kappa shape index (κ1) is 20.8. The molecule has 0 aliphatic heterocycles. The summed E-state index contributed by atoms with van der Waals surface area (Å²) in [5, 5.41) is 2.40. The van der Waals surface area contributed by atoms with Gasteiger partial charge in [0.05, 0.1) is 0 Å². The van der Waals surface area contributed by atoms with Gasteiger partial charge in [0.2, 0.25) is 0 Å². The van der Waals surface area contributed by atoms with Crippen LogP contribution in [0.5, 0.6) is 0 Å². The first-order valence-corrected chi connectivity index (χ1v) is 10.7. The Morgan fingerprint density at radius 3 is 2.31 bits per heavy atom. The van der Waals surface area contributed by atoms with Crippen molar-refractivity contribution in [3.05, 3.63) is 88.6 Å². The third-order valence-corrected chi connectivity index (χ3v) is 5.70. The van der Waals surface area contributed by atoms with Crippen LogP contribution in [-0.2, 0) is 21.4 Å². The van der Waals surface area contributed by atoms with Gasteiger partial charge in [-0.2, -0.15) is 0 Å². The Hall–Kier alpha value is -2.91. The van der Waals surface area contributed by atoms with Crippen molar-refractivity contribution in [3.8, 4) is 0 Å². The largest absolute Gasteiger partial charge is 0.444 e. The van der Waals surface area contributed by atoms with Gasteiger partial charge in [-0.25, -0.2) is 17.6 Å². The zero-order chi connectivity index (χ0) is 20.9. The minimum atomic E-state index is -4.20. The molecule has 0 aliphatic carbocycles. The quantitative estimate of drug-likeness (QED) is 0.513. The van der Waals surface area contributed by atoms with Gasteiger partial charge in [0, 0.05) is 15.8 Å². The lowest BCUT2D eigenvalue weighted by atomic mass is 10.2. The van der Waals surface area contributed by atoms with E-state index in [2.05, 4.69) is 26.0 Å². The Morgan fingerprint density at radius 2 is 1.62 bits per heavy atom. The lowest BCUT2D eigenvalue weighted by Gasteiger charge is -2.11. The molecule has 0 saturated heterocycles. The molecular formula is C20H16BrFN2O4S. The SMILES string of the molecule is O=C(Nc1ccc(F)c(S(=O)(=O)Nc2ccc(Br)cc2)c1)OCc1ccccc1. The molecular weight excluding hydrogens is 463 g/mol. The predicted octanol–water partition coefficient (Wildman–Crippen LogP) is 5.14. The molecule has 0 aliphatic rings. The lowest BCUT2D eigenvalue weighted by Crippen LogP contribution is -2.17. The minimum Gasteiger partial charge on any atom is -0.444 e. The summed E-state index contributed by atoms with van der Waals surface area (Å²) in [4.78, 5) is 11.4. The summed E-state index contributed by atoms with van der Waals surface area (Å²) in [6, 6.07) is 18.6. The number of ether oxygens (including phenoxy) is 1. The van der Waals surface area contributed by atoms with Gasteiger partial charge in [-0.05, 0) is 48.0 Å². The van der Waals surface area contributed by atoms with Crippen molar-refractivity contribution in [2.45, 2.75) is 11.5 Å². The number of hydrogen-bond donors (Lipinski definition) is 2. The highest BCUT2D eigenvalue weighted by molar-refractivity contribution is 9.10. The van der Waals surface area contributed by atoms with Crippen molar-refractivity contribution in [3.63, 3.8) is 0 Å². The summed E-state index contributed by atoms with van der Waals surface area (Å²) in [6.07, 6.45) is -0.787. The van der Waals surface area contributed by atoms with E-state index >= 15 is 0 Å². The van der Waals surface area contributed by atoms with Crippen molar-refractivity contribution < 1.29 is 22.3 Å². The normalized spacial score (nSPS) is 11.0. The Labute approximate surface area is 175 Å².